The maximum atomic E-state index is 6.01. The number of nitrogens with zero attached hydrogens (tertiary/aromatic N) is 2. The molecule has 1 aromatic carbocycles. The molecule has 5 heteroatoms. The maximum Gasteiger partial charge on any atom is 0.136 e. The van der Waals surface area contributed by atoms with E-state index in [-0.39, 0.29) is 0 Å². The number of thiophene rings is 1. The predicted octanol–water partition coefficient (Wildman–Crippen LogP) is 3.18. The SMILES string of the molecule is COc1cccc(Cc2nc(N)c3cc(C)sc3n2)c1. The molecule has 0 fully saturated rings. The number of benzene rings is 1. The second-order valence-corrected chi connectivity index (χ2v) is 5.86. The summed E-state index contributed by atoms with van der Waals surface area (Å²) in [5.74, 6) is 2.13. The van der Waals surface area contributed by atoms with Crippen LogP contribution in [0, 0.1) is 6.92 Å². The number of nitrogens with two attached hydrogens (primary N) is 1. The van der Waals surface area contributed by atoms with Crippen LogP contribution < -0.4 is 10.5 Å². The van der Waals surface area contributed by atoms with Crippen molar-refractivity contribution in [2.45, 2.75) is 13.3 Å². The Bertz CT molecular complexity index is 767. The predicted molar refractivity (Wildman–Crippen MR) is 82.4 cm³/mol. The molecule has 3 aromatic rings. The number of aromatic nitrogens is 2. The van der Waals surface area contributed by atoms with Gasteiger partial charge >= 0.3 is 0 Å². The number of anilines is 1. The van der Waals surface area contributed by atoms with Gasteiger partial charge in [0.05, 0.1) is 12.5 Å². The van der Waals surface area contributed by atoms with Gasteiger partial charge in [0.2, 0.25) is 0 Å². The molecule has 3 rings (SSSR count). The zero-order chi connectivity index (χ0) is 14.1. The van der Waals surface area contributed by atoms with Crippen molar-refractivity contribution < 1.29 is 4.74 Å². The summed E-state index contributed by atoms with van der Waals surface area (Å²) in [6, 6.07) is 9.94. The van der Waals surface area contributed by atoms with Crippen molar-refractivity contribution >= 4 is 27.4 Å². The molecule has 4 nitrogen and oxygen atoms in total. The van der Waals surface area contributed by atoms with Crippen molar-refractivity contribution in [2.75, 3.05) is 12.8 Å². The van der Waals surface area contributed by atoms with E-state index < -0.39 is 0 Å². The number of aryl methyl sites for hydroxylation is 1. The normalized spacial score (nSPS) is 10.9. The third-order valence-electron chi connectivity index (χ3n) is 3.09. The molecule has 0 atom stereocenters. The average molecular weight is 285 g/mol. The Labute approximate surface area is 121 Å². The molecule has 2 aromatic heterocycles. The lowest BCUT2D eigenvalue weighted by Gasteiger charge is -2.05. The second kappa shape index (κ2) is 5.09. The van der Waals surface area contributed by atoms with Gasteiger partial charge < -0.3 is 10.5 Å². The fraction of sp³-hybridized carbons (Fsp3) is 0.200. The molecular weight excluding hydrogens is 270 g/mol. The number of methoxy groups -OCH3 is 1. The number of nitrogen functional groups attached to an aromatic ring is 1. The standard InChI is InChI=1S/C15H15N3OS/c1-9-6-12-14(16)17-13(18-15(12)20-9)8-10-4-3-5-11(7-10)19-2/h3-7H,8H2,1-2H3,(H2,16,17,18). The van der Waals surface area contributed by atoms with E-state index >= 15 is 0 Å². The number of hydrogen-bond acceptors (Lipinski definition) is 5. The Kier molecular flexibility index (Phi) is 3.28. The fourth-order valence-electron chi connectivity index (χ4n) is 2.15. The molecular formula is C15H15N3OS. The van der Waals surface area contributed by atoms with E-state index in [4.69, 9.17) is 10.5 Å². The zero-order valence-corrected chi connectivity index (χ0v) is 12.2. The molecule has 0 saturated heterocycles. The minimum Gasteiger partial charge on any atom is -0.497 e. The molecule has 0 spiro atoms. The lowest BCUT2D eigenvalue weighted by molar-refractivity contribution is 0.414. The van der Waals surface area contributed by atoms with E-state index in [9.17, 15) is 0 Å². The summed E-state index contributed by atoms with van der Waals surface area (Å²) in [6.45, 7) is 2.05. The highest BCUT2D eigenvalue weighted by atomic mass is 32.1. The molecule has 0 aliphatic rings. The number of hydrogen-bond donors (Lipinski definition) is 1. The highest BCUT2D eigenvalue weighted by Crippen LogP contribution is 2.27. The summed E-state index contributed by atoms with van der Waals surface area (Å²) in [6.07, 6.45) is 0.647. The Morgan fingerprint density at radius 2 is 2.10 bits per heavy atom. The van der Waals surface area contributed by atoms with Crippen LogP contribution in [0.4, 0.5) is 5.82 Å². The molecule has 0 radical (unpaired) electrons. The van der Waals surface area contributed by atoms with Crippen LogP contribution >= 0.6 is 11.3 Å². The van der Waals surface area contributed by atoms with Gasteiger partial charge in [-0.15, -0.1) is 11.3 Å². The molecule has 102 valence electrons. The molecule has 2 heterocycles. The van der Waals surface area contributed by atoms with E-state index in [2.05, 4.69) is 9.97 Å². The first kappa shape index (κ1) is 12.9. The topological polar surface area (TPSA) is 61.0 Å². The van der Waals surface area contributed by atoms with Crippen LogP contribution in [0.2, 0.25) is 0 Å². The van der Waals surface area contributed by atoms with Crippen LogP contribution in [0.15, 0.2) is 30.3 Å². The highest BCUT2D eigenvalue weighted by Gasteiger charge is 2.09. The molecule has 0 aliphatic heterocycles. The van der Waals surface area contributed by atoms with Gasteiger partial charge in [-0.1, -0.05) is 12.1 Å². The van der Waals surface area contributed by atoms with Gasteiger partial charge in [-0.05, 0) is 30.7 Å². The van der Waals surface area contributed by atoms with Gasteiger partial charge in [0.25, 0.3) is 0 Å². The second-order valence-electron chi connectivity index (χ2n) is 4.63. The van der Waals surface area contributed by atoms with Crippen molar-refractivity contribution in [3.63, 3.8) is 0 Å². The van der Waals surface area contributed by atoms with E-state index in [0.717, 1.165) is 27.4 Å². The van der Waals surface area contributed by atoms with Crippen LogP contribution in [0.25, 0.3) is 10.2 Å². The van der Waals surface area contributed by atoms with E-state index in [1.165, 1.54) is 4.88 Å². The Morgan fingerprint density at radius 3 is 2.90 bits per heavy atom. The minimum absolute atomic E-state index is 0.553. The van der Waals surface area contributed by atoms with Gasteiger partial charge in [-0.2, -0.15) is 0 Å². The van der Waals surface area contributed by atoms with Gasteiger partial charge in [0.1, 0.15) is 22.2 Å². The van der Waals surface area contributed by atoms with Crippen molar-refractivity contribution in [2.24, 2.45) is 0 Å². The first-order valence-corrected chi connectivity index (χ1v) is 7.13. The smallest absolute Gasteiger partial charge is 0.136 e. The van der Waals surface area contributed by atoms with Crippen molar-refractivity contribution in [3.05, 3.63) is 46.6 Å². The van der Waals surface area contributed by atoms with Crippen LogP contribution in [-0.4, -0.2) is 17.1 Å². The molecule has 20 heavy (non-hydrogen) atoms. The summed E-state index contributed by atoms with van der Waals surface area (Å²) >= 11 is 1.64. The minimum atomic E-state index is 0.553. The largest absolute Gasteiger partial charge is 0.497 e. The molecule has 0 bridgehead atoms. The molecule has 0 aliphatic carbocycles. The summed E-state index contributed by atoms with van der Waals surface area (Å²) in [4.78, 5) is 11.1. The Morgan fingerprint density at radius 1 is 1.25 bits per heavy atom. The van der Waals surface area contributed by atoms with Gasteiger partial charge in [0.15, 0.2) is 0 Å². The number of rotatable bonds is 3. The highest BCUT2D eigenvalue weighted by molar-refractivity contribution is 7.18. The van der Waals surface area contributed by atoms with Crippen LogP contribution in [0.1, 0.15) is 16.3 Å². The lowest BCUT2D eigenvalue weighted by Crippen LogP contribution is -2.00. The first-order valence-electron chi connectivity index (χ1n) is 6.31. The lowest BCUT2D eigenvalue weighted by atomic mass is 10.1. The van der Waals surface area contributed by atoms with E-state index in [1.54, 1.807) is 18.4 Å². The monoisotopic (exact) mass is 285 g/mol. The summed E-state index contributed by atoms with van der Waals surface area (Å²) < 4.78 is 5.23. The Hall–Kier alpha value is -2.14. The van der Waals surface area contributed by atoms with Crippen LogP contribution in [-0.2, 0) is 6.42 Å². The number of ether oxygens (including phenoxy) is 1. The van der Waals surface area contributed by atoms with Crippen molar-refractivity contribution in [3.8, 4) is 5.75 Å². The quantitative estimate of drug-likeness (QED) is 0.803. The van der Waals surface area contributed by atoms with Gasteiger partial charge in [-0.25, -0.2) is 9.97 Å². The summed E-state index contributed by atoms with van der Waals surface area (Å²) in [5.41, 5.74) is 7.12. The van der Waals surface area contributed by atoms with E-state index in [0.29, 0.717) is 12.2 Å². The Balaban J connectivity index is 1.97. The molecule has 0 saturated carbocycles. The zero-order valence-electron chi connectivity index (χ0n) is 11.4. The maximum absolute atomic E-state index is 6.01. The number of fused-ring (bicyclic) bond motifs is 1. The van der Waals surface area contributed by atoms with Crippen LogP contribution in [0.3, 0.4) is 0 Å². The summed E-state index contributed by atoms with van der Waals surface area (Å²) in [7, 11) is 1.66. The summed E-state index contributed by atoms with van der Waals surface area (Å²) in [5, 5.41) is 0.946. The van der Waals surface area contributed by atoms with Gasteiger partial charge in [0, 0.05) is 11.3 Å². The average Bonchev–Trinajstić information content (AvgIpc) is 2.80. The van der Waals surface area contributed by atoms with Crippen molar-refractivity contribution in [1.82, 2.24) is 9.97 Å². The molecule has 2 N–H and O–H groups in total. The first-order chi connectivity index (χ1) is 9.65. The van der Waals surface area contributed by atoms with Crippen molar-refractivity contribution in [1.29, 1.82) is 0 Å². The molecule has 0 amide bonds. The fourth-order valence-corrected chi connectivity index (χ4v) is 3.06. The van der Waals surface area contributed by atoms with Crippen LogP contribution in [0.5, 0.6) is 5.75 Å². The van der Waals surface area contributed by atoms with Gasteiger partial charge in [-0.3, -0.25) is 0 Å². The third kappa shape index (κ3) is 2.44. The third-order valence-corrected chi connectivity index (χ3v) is 4.03. The van der Waals surface area contributed by atoms with E-state index in [1.807, 2.05) is 37.3 Å². The molecule has 0 unspecified atom stereocenters.